The summed E-state index contributed by atoms with van der Waals surface area (Å²) in [6.07, 6.45) is 2.42. The highest BCUT2D eigenvalue weighted by molar-refractivity contribution is 5.56. The van der Waals surface area contributed by atoms with E-state index in [1.807, 2.05) is 13.0 Å². The lowest BCUT2D eigenvalue weighted by Gasteiger charge is -2.32. The molecule has 0 amide bonds. The molecule has 1 fully saturated rings. The minimum absolute atomic E-state index is 0.135. The Hall–Kier alpha value is -1.09. The molecule has 1 aromatic rings. The summed E-state index contributed by atoms with van der Waals surface area (Å²) >= 11 is 0. The van der Waals surface area contributed by atoms with E-state index in [0.717, 1.165) is 17.8 Å². The summed E-state index contributed by atoms with van der Waals surface area (Å²) in [7, 11) is 0. The number of halogens is 1. The summed E-state index contributed by atoms with van der Waals surface area (Å²) in [5.74, 6) is 0.407. The van der Waals surface area contributed by atoms with Crippen molar-refractivity contribution < 1.29 is 4.39 Å². The van der Waals surface area contributed by atoms with E-state index in [-0.39, 0.29) is 11.9 Å². The first-order valence-corrected chi connectivity index (χ1v) is 6.82. The van der Waals surface area contributed by atoms with Crippen molar-refractivity contribution in [2.45, 2.75) is 45.7 Å². The standard InChI is InChI=1S/C15H23FN2/c1-10(2)14-5-4-8-18(14)15-7-6-12(16)9-13(15)11(3)17/h6-7,9-11,14H,4-5,8,17H2,1-3H3/t11-,14?/m1/s1. The van der Waals surface area contributed by atoms with Crippen molar-refractivity contribution in [3.63, 3.8) is 0 Å². The lowest BCUT2D eigenvalue weighted by molar-refractivity contribution is 0.490. The molecule has 1 heterocycles. The number of anilines is 1. The quantitative estimate of drug-likeness (QED) is 0.890. The maximum Gasteiger partial charge on any atom is 0.123 e. The molecule has 2 rings (SSSR count). The van der Waals surface area contributed by atoms with Crippen LogP contribution in [0.5, 0.6) is 0 Å². The van der Waals surface area contributed by atoms with E-state index in [2.05, 4.69) is 18.7 Å². The SMILES string of the molecule is CC(C)C1CCCN1c1ccc(F)cc1[C@@H](C)N. The molecule has 1 aromatic carbocycles. The number of nitrogens with two attached hydrogens (primary N) is 1. The number of hydrogen-bond donors (Lipinski definition) is 1. The molecule has 2 nitrogen and oxygen atoms in total. The average molecular weight is 250 g/mol. The first-order valence-electron chi connectivity index (χ1n) is 6.82. The highest BCUT2D eigenvalue weighted by Gasteiger charge is 2.29. The molecular formula is C15H23FN2. The molecular weight excluding hydrogens is 227 g/mol. The van der Waals surface area contributed by atoms with Crippen LogP contribution in [0, 0.1) is 11.7 Å². The van der Waals surface area contributed by atoms with E-state index in [4.69, 9.17) is 5.73 Å². The number of rotatable bonds is 3. The predicted octanol–water partition coefficient (Wildman–Crippen LogP) is 3.47. The van der Waals surface area contributed by atoms with Gasteiger partial charge in [-0.3, -0.25) is 0 Å². The van der Waals surface area contributed by atoms with Crippen molar-refractivity contribution >= 4 is 5.69 Å². The van der Waals surface area contributed by atoms with Crippen molar-refractivity contribution in [2.75, 3.05) is 11.4 Å². The van der Waals surface area contributed by atoms with Crippen LogP contribution < -0.4 is 10.6 Å². The van der Waals surface area contributed by atoms with Crippen molar-refractivity contribution in [1.29, 1.82) is 0 Å². The van der Waals surface area contributed by atoms with Gasteiger partial charge >= 0.3 is 0 Å². The predicted molar refractivity (Wildman–Crippen MR) is 74.2 cm³/mol. The highest BCUT2D eigenvalue weighted by Crippen LogP contribution is 2.34. The minimum Gasteiger partial charge on any atom is -0.368 e. The fourth-order valence-corrected chi connectivity index (χ4v) is 2.94. The van der Waals surface area contributed by atoms with E-state index in [1.54, 1.807) is 6.07 Å². The molecule has 3 heteroatoms. The van der Waals surface area contributed by atoms with Gasteiger partial charge in [0.2, 0.25) is 0 Å². The number of hydrogen-bond acceptors (Lipinski definition) is 2. The number of benzene rings is 1. The van der Waals surface area contributed by atoms with Gasteiger partial charge in [0, 0.05) is 24.3 Å². The Morgan fingerprint density at radius 3 is 2.67 bits per heavy atom. The third kappa shape index (κ3) is 2.51. The van der Waals surface area contributed by atoms with Gasteiger partial charge in [0.1, 0.15) is 5.82 Å². The van der Waals surface area contributed by atoms with Crippen molar-refractivity contribution in [3.05, 3.63) is 29.6 Å². The third-order valence-corrected chi connectivity index (χ3v) is 3.86. The van der Waals surface area contributed by atoms with Gasteiger partial charge in [-0.2, -0.15) is 0 Å². The van der Waals surface area contributed by atoms with Gasteiger partial charge < -0.3 is 10.6 Å². The first-order chi connectivity index (χ1) is 8.50. The summed E-state index contributed by atoms with van der Waals surface area (Å²) in [6, 6.07) is 5.42. The molecule has 100 valence electrons. The van der Waals surface area contributed by atoms with Crippen molar-refractivity contribution in [3.8, 4) is 0 Å². The Balaban J connectivity index is 2.38. The van der Waals surface area contributed by atoms with Crippen molar-refractivity contribution in [1.82, 2.24) is 0 Å². The van der Waals surface area contributed by atoms with Gasteiger partial charge in [0.05, 0.1) is 0 Å². The molecule has 0 radical (unpaired) electrons. The highest BCUT2D eigenvalue weighted by atomic mass is 19.1. The largest absolute Gasteiger partial charge is 0.368 e. The fourth-order valence-electron chi connectivity index (χ4n) is 2.94. The molecule has 0 saturated carbocycles. The lowest BCUT2D eigenvalue weighted by Crippen LogP contribution is -2.34. The van der Waals surface area contributed by atoms with Crippen LogP contribution in [0.3, 0.4) is 0 Å². The Morgan fingerprint density at radius 2 is 2.06 bits per heavy atom. The summed E-state index contributed by atoms with van der Waals surface area (Å²) < 4.78 is 13.4. The smallest absolute Gasteiger partial charge is 0.123 e. The Bertz CT molecular complexity index is 415. The van der Waals surface area contributed by atoms with Crippen LogP contribution in [0.4, 0.5) is 10.1 Å². The topological polar surface area (TPSA) is 29.3 Å². The van der Waals surface area contributed by atoms with Crippen LogP contribution in [-0.2, 0) is 0 Å². The second-order valence-electron chi connectivity index (χ2n) is 5.64. The second-order valence-corrected chi connectivity index (χ2v) is 5.64. The van der Waals surface area contributed by atoms with Crippen LogP contribution in [0.2, 0.25) is 0 Å². The van der Waals surface area contributed by atoms with E-state index in [9.17, 15) is 4.39 Å². The zero-order valence-electron chi connectivity index (χ0n) is 11.5. The summed E-state index contributed by atoms with van der Waals surface area (Å²) in [5, 5.41) is 0. The van der Waals surface area contributed by atoms with Gasteiger partial charge in [-0.1, -0.05) is 13.8 Å². The summed E-state index contributed by atoms with van der Waals surface area (Å²) in [5.41, 5.74) is 8.01. The monoisotopic (exact) mass is 250 g/mol. The first kappa shape index (κ1) is 13.3. The Morgan fingerprint density at radius 1 is 1.33 bits per heavy atom. The molecule has 0 aromatic heterocycles. The molecule has 18 heavy (non-hydrogen) atoms. The zero-order chi connectivity index (χ0) is 13.3. The van der Waals surface area contributed by atoms with Crippen molar-refractivity contribution in [2.24, 2.45) is 11.7 Å². The van der Waals surface area contributed by atoms with Crippen LogP contribution in [0.25, 0.3) is 0 Å². The molecule has 0 aliphatic carbocycles. The van der Waals surface area contributed by atoms with Gasteiger partial charge in [0.15, 0.2) is 0 Å². The van der Waals surface area contributed by atoms with Crippen LogP contribution in [0.15, 0.2) is 18.2 Å². The fraction of sp³-hybridized carbons (Fsp3) is 0.600. The Labute approximate surface area is 109 Å². The third-order valence-electron chi connectivity index (χ3n) is 3.86. The normalized spacial score (nSPS) is 21.7. The maximum absolute atomic E-state index is 13.4. The zero-order valence-corrected chi connectivity index (χ0v) is 11.5. The second kappa shape index (κ2) is 5.27. The van der Waals surface area contributed by atoms with Crippen LogP contribution in [0.1, 0.15) is 45.2 Å². The lowest BCUT2D eigenvalue weighted by atomic mass is 9.99. The molecule has 0 bridgehead atoms. The van der Waals surface area contributed by atoms with E-state index in [1.165, 1.54) is 18.9 Å². The van der Waals surface area contributed by atoms with Gasteiger partial charge in [-0.15, -0.1) is 0 Å². The average Bonchev–Trinajstić information content (AvgIpc) is 2.77. The maximum atomic E-state index is 13.4. The molecule has 1 aliphatic rings. The van der Waals surface area contributed by atoms with Gasteiger partial charge in [0.25, 0.3) is 0 Å². The molecule has 2 N–H and O–H groups in total. The van der Waals surface area contributed by atoms with Gasteiger partial charge in [-0.25, -0.2) is 4.39 Å². The Kier molecular flexibility index (Phi) is 3.91. The van der Waals surface area contributed by atoms with Crippen LogP contribution in [-0.4, -0.2) is 12.6 Å². The minimum atomic E-state index is -0.202. The molecule has 1 unspecified atom stereocenters. The van der Waals surface area contributed by atoms with E-state index >= 15 is 0 Å². The molecule has 1 saturated heterocycles. The van der Waals surface area contributed by atoms with E-state index < -0.39 is 0 Å². The van der Waals surface area contributed by atoms with Crippen LogP contribution >= 0.6 is 0 Å². The van der Waals surface area contributed by atoms with Gasteiger partial charge in [-0.05, 0) is 49.4 Å². The number of nitrogens with zero attached hydrogens (tertiary/aromatic N) is 1. The molecule has 1 aliphatic heterocycles. The summed E-state index contributed by atoms with van der Waals surface area (Å²) in [6.45, 7) is 7.46. The van der Waals surface area contributed by atoms with E-state index in [0.29, 0.717) is 12.0 Å². The molecule has 2 atom stereocenters. The summed E-state index contributed by atoms with van der Waals surface area (Å²) in [4.78, 5) is 2.41. The molecule has 0 spiro atoms.